The number of benzene rings is 3. The first-order valence-corrected chi connectivity index (χ1v) is 8.60. The van der Waals surface area contributed by atoms with Gasteiger partial charge in [0.05, 0.1) is 16.8 Å². The van der Waals surface area contributed by atoms with Gasteiger partial charge >= 0.3 is 12.4 Å². The van der Waals surface area contributed by atoms with Crippen LogP contribution in [0.1, 0.15) is 11.1 Å². The van der Waals surface area contributed by atoms with E-state index in [9.17, 15) is 26.3 Å². The van der Waals surface area contributed by atoms with Crippen molar-refractivity contribution in [3.8, 4) is 22.4 Å². The molecule has 1 aromatic heterocycles. The number of rotatable bonds is 2. The molecule has 0 bridgehead atoms. The number of H-pyrrole nitrogens is 1. The standard InChI is InChI=1S/C22H13F6N/c23-21(24,25)15-9-5-13(6-10-15)19-17-3-1-2-4-18(17)29-20(19)14-7-11-16(12-8-14)22(26,27)28/h1-12,29H. The number of nitrogens with one attached hydrogen (secondary N) is 1. The average Bonchev–Trinajstić information content (AvgIpc) is 3.06. The second-order valence-electron chi connectivity index (χ2n) is 6.57. The highest BCUT2D eigenvalue weighted by Crippen LogP contribution is 2.40. The Balaban J connectivity index is 1.88. The van der Waals surface area contributed by atoms with E-state index in [1.54, 1.807) is 18.2 Å². The van der Waals surface area contributed by atoms with Crippen molar-refractivity contribution < 1.29 is 26.3 Å². The smallest absolute Gasteiger partial charge is 0.354 e. The zero-order chi connectivity index (χ0) is 20.8. The van der Waals surface area contributed by atoms with Crippen LogP contribution in [-0.4, -0.2) is 4.98 Å². The fourth-order valence-corrected chi connectivity index (χ4v) is 3.31. The minimum absolute atomic E-state index is 0.504. The molecule has 0 aliphatic carbocycles. The number of fused-ring (bicyclic) bond motifs is 1. The molecule has 0 fully saturated rings. The van der Waals surface area contributed by atoms with Crippen LogP contribution in [0.15, 0.2) is 72.8 Å². The third kappa shape index (κ3) is 3.60. The van der Waals surface area contributed by atoms with Crippen LogP contribution in [0.4, 0.5) is 26.3 Å². The van der Waals surface area contributed by atoms with E-state index in [0.717, 1.165) is 35.2 Å². The van der Waals surface area contributed by atoms with Crippen molar-refractivity contribution in [2.75, 3.05) is 0 Å². The van der Waals surface area contributed by atoms with E-state index in [0.29, 0.717) is 22.4 Å². The summed E-state index contributed by atoms with van der Waals surface area (Å²) in [6.07, 6.45) is -8.90. The molecule has 0 unspecified atom stereocenters. The molecule has 7 heteroatoms. The molecule has 0 saturated carbocycles. The number of alkyl halides is 6. The summed E-state index contributed by atoms with van der Waals surface area (Å²) < 4.78 is 77.3. The average molecular weight is 405 g/mol. The predicted octanol–water partition coefficient (Wildman–Crippen LogP) is 7.54. The lowest BCUT2D eigenvalue weighted by Crippen LogP contribution is -2.04. The second kappa shape index (κ2) is 6.69. The van der Waals surface area contributed by atoms with Crippen molar-refractivity contribution in [1.82, 2.24) is 4.98 Å². The van der Waals surface area contributed by atoms with Crippen molar-refractivity contribution in [2.45, 2.75) is 12.4 Å². The van der Waals surface area contributed by atoms with Gasteiger partial charge in [-0.2, -0.15) is 26.3 Å². The van der Waals surface area contributed by atoms with Crippen LogP contribution in [0.5, 0.6) is 0 Å². The maximum atomic E-state index is 12.9. The van der Waals surface area contributed by atoms with Gasteiger partial charge in [0, 0.05) is 16.5 Å². The molecule has 148 valence electrons. The lowest BCUT2D eigenvalue weighted by molar-refractivity contribution is -0.138. The Kier molecular flexibility index (Phi) is 4.41. The Bertz CT molecular complexity index is 1150. The topological polar surface area (TPSA) is 15.8 Å². The normalized spacial score (nSPS) is 12.5. The molecule has 29 heavy (non-hydrogen) atoms. The van der Waals surface area contributed by atoms with Crippen LogP contribution in [0.2, 0.25) is 0 Å². The Hall–Kier alpha value is -3.22. The quantitative estimate of drug-likeness (QED) is 0.332. The molecule has 0 radical (unpaired) electrons. The molecule has 4 aromatic rings. The highest BCUT2D eigenvalue weighted by molar-refractivity contribution is 6.03. The Morgan fingerprint density at radius 3 is 1.55 bits per heavy atom. The van der Waals surface area contributed by atoms with E-state index in [1.807, 2.05) is 6.07 Å². The zero-order valence-electron chi connectivity index (χ0n) is 14.7. The lowest BCUT2D eigenvalue weighted by Gasteiger charge is -2.10. The van der Waals surface area contributed by atoms with Crippen molar-refractivity contribution in [2.24, 2.45) is 0 Å². The summed E-state index contributed by atoms with van der Waals surface area (Å²) in [6, 6.07) is 16.6. The van der Waals surface area contributed by atoms with E-state index >= 15 is 0 Å². The molecule has 0 amide bonds. The maximum Gasteiger partial charge on any atom is 0.416 e. The van der Waals surface area contributed by atoms with Crippen LogP contribution in [-0.2, 0) is 12.4 Å². The second-order valence-corrected chi connectivity index (χ2v) is 6.57. The largest absolute Gasteiger partial charge is 0.416 e. The van der Waals surface area contributed by atoms with E-state index in [-0.39, 0.29) is 0 Å². The van der Waals surface area contributed by atoms with Crippen LogP contribution in [0.25, 0.3) is 33.3 Å². The minimum Gasteiger partial charge on any atom is -0.354 e. The summed E-state index contributed by atoms with van der Waals surface area (Å²) >= 11 is 0. The summed E-state index contributed by atoms with van der Waals surface area (Å²) in [5.74, 6) is 0. The first-order chi connectivity index (χ1) is 13.6. The molecule has 0 aliphatic rings. The number of hydrogen-bond acceptors (Lipinski definition) is 0. The highest BCUT2D eigenvalue weighted by atomic mass is 19.4. The van der Waals surface area contributed by atoms with Gasteiger partial charge in [-0.05, 0) is 41.5 Å². The minimum atomic E-state index is -4.45. The van der Waals surface area contributed by atoms with Gasteiger partial charge < -0.3 is 4.98 Å². The van der Waals surface area contributed by atoms with Gasteiger partial charge in [-0.25, -0.2) is 0 Å². The molecule has 3 aromatic carbocycles. The molecule has 1 heterocycles. The predicted molar refractivity (Wildman–Crippen MR) is 99.2 cm³/mol. The fourth-order valence-electron chi connectivity index (χ4n) is 3.31. The summed E-state index contributed by atoms with van der Waals surface area (Å²) in [4.78, 5) is 3.18. The van der Waals surface area contributed by atoms with Crippen molar-refractivity contribution in [3.05, 3.63) is 83.9 Å². The molecule has 0 atom stereocenters. The van der Waals surface area contributed by atoms with Crippen molar-refractivity contribution in [1.29, 1.82) is 0 Å². The number of para-hydroxylation sites is 1. The lowest BCUT2D eigenvalue weighted by atomic mass is 9.97. The monoisotopic (exact) mass is 405 g/mol. The molecule has 0 spiro atoms. The maximum absolute atomic E-state index is 12.9. The first-order valence-electron chi connectivity index (χ1n) is 8.60. The van der Waals surface area contributed by atoms with Gasteiger partial charge in [-0.3, -0.25) is 0 Å². The van der Waals surface area contributed by atoms with Gasteiger partial charge in [0.15, 0.2) is 0 Å². The van der Waals surface area contributed by atoms with Crippen molar-refractivity contribution in [3.63, 3.8) is 0 Å². The molecular weight excluding hydrogens is 392 g/mol. The molecule has 1 N–H and O–H groups in total. The Labute approximate surface area is 161 Å². The number of hydrogen-bond donors (Lipinski definition) is 1. The summed E-state index contributed by atoms with van der Waals surface area (Å²) in [5, 5.41) is 0.766. The molecule has 0 aliphatic heterocycles. The third-order valence-electron chi connectivity index (χ3n) is 4.71. The molecular formula is C22H13F6N. The van der Waals surface area contributed by atoms with E-state index in [1.165, 1.54) is 24.3 Å². The van der Waals surface area contributed by atoms with E-state index in [4.69, 9.17) is 0 Å². The Morgan fingerprint density at radius 2 is 1.03 bits per heavy atom. The Morgan fingerprint density at radius 1 is 0.552 bits per heavy atom. The molecule has 0 saturated heterocycles. The van der Waals surface area contributed by atoms with Gasteiger partial charge in [0.1, 0.15) is 0 Å². The number of aromatic amines is 1. The number of aromatic nitrogens is 1. The molecule has 1 nitrogen and oxygen atoms in total. The van der Waals surface area contributed by atoms with Gasteiger partial charge in [0.25, 0.3) is 0 Å². The highest BCUT2D eigenvalue weighted by Gasteiger charge is 2.31. The van der Waals surface area contributed by atoms with Crippen LogP contribution in [0.3, 0.4) is 0 Å². The third-order valence-corrected chi connectivity index (χ3v) is 4.71. The fraction of sp³-hybridized carbons (Fsp3) is 0.0909. The summed E-state index contributed by atoms with van der Waals surface area (Å²) in [6.45, 7) is 0. The van der Waals surface area contributed by atoms with Gasteiger partial charge in [0.2, 0.25) is 0 Å². The number of halogens is 6. The van der Waals surface area contributed by atoms with Crippen LogP contribution < -0.4 is 0 Å². The van der Waals surface area contributed by atoms with Gasteiger partial charge in [-0.1, -0.05) is 42.5 Å². The SMILES string of the molecule is FC(F)(F)c1ccc(-c2[nH]c3ccccc3c2-c2ccc(C(F)(F)F)cc2)cc1. The van der Waals surface area contributed by atoms with Crippen LogP contribution in [0, 0.1) is 0 Å². The van der Waals surface area contributed by atoms with Gasteiger partial charge in [-0.15, -0.1) is 0 Å². The molecule has 4 rings (SSSR count). The summed E-state index contributed by atoms with van der Waals surface area (Å²) in [5.41, 5.74) is 1.41. The van der Waals surface area contributed by atoms with Crippen LogP contribution >= 0.6 is 0 Å². The summed E-state index contributed by atoms with van der Waals surface area (Å²) in [7, 11) is 0. The van der Waals surface area contributed by atoms with Crippen molar-refractivity contribution >= 4 is 10.9 Å². The van der Waals surface area contributed by atoms with E-state index in [2.05, 4.69) is 4.98 Å². The first kappa shape index (κ1) is 19.1. The zero-order valence-corrected chi connectivity index (χ0v) is 14.7. The van der Waals surface area contributed by atoms with E-state index < -0.39 is 23.5 Å².